The number of hydrogen-bond donors (Lipinski definition) is 2. The molecule has 1 saturated heterocycles. The number of benzene rings is 6. The van der Waals surface area contributed by atoms with Gasteiger partial charge in [0.2, 0.25) is 0 Å². The summed E-state index contributed by atoms with van der Waals surface area (Å²) in [5, 5.41) is 22.3. The summed E-state index contributed by atoms with van der Waals surface area (Å²) in [6.45, 7) is 31.0. The van der Waals surface area contributed by atoms with Crippen LogP contribution < -0.4 is 9.62 Å². The molecule has 0 amide bonds. The zero-order chi connectivity index (χ0) is 53.4. The molecule has 2 atom stereocenters. The average Bonchev–Trinajstić information content (AvgIpc) is 3.92. The standard InChI is InChI=1S/C57H67B2N6.C5H12O2.Pt/c1-54(2,3)38-17-29-50-46(33-38)47-34-39(55(4,5)6)18-30-51(47)64(50)44-25-21-42(22-26-44)62-37-63(59(61(15)16)58(62)60(13)14)43-23-27-45(28-24-43)65-52-31-19-40(56(7,8)9)35-48(52)49-36-41(57(10,11)12)20-32-53(49)65;1-4(6)3-5(2)7;/h17-23,25-36H,1-16H3;4-7H,3H2,1-2H3;/q-1;;. The predicted molar refractivity (Wildman–Crippen MR) is 312 cm³/mol. The van der Waals surface area contributed by atoms with Gasteiger partial charge in [0, 0.05) is 0 Å². The molecule has 2 aromatic heterocycles. The third kappa shape index (κ3) is 10.7. The first-order valence-electron chi connectivity index (χ1n) is 26.0. The van der Waals surface area contributed by atoms with Gasteiger partial charge >= 0.3 is 325 Å². The third-order valence-corrected chi connectivity index (χ3v) is 15.7. The van der Waals surface area contributed by atoms with Crippen molar-refractivity contribution in [2.75, 3.05) is 37.8 Å². The Balaban J connectivity index is 0.000000948. The molecule has 0 saturated carbocycles. The molecule has 9 rings (SSSR count). The molecule has 6 aromatic carbocycles. The fraction of sp³-hybridized carbons (Fsp3) is 0.403. The molecule has 0 aliphatic carbocycles. The topological polar surface area (TPSA) is 63.3 Å². The van der Waals surface area contributed by atoms with Gasteiger partial charge in [0.05, 0.1) is 12.2 Å². The molecular weight excluding hydrogens is 1080 g/mol. The van der Waals surface area contributed by atoms with Gasteiger partial charge in [0.1, 0.15) is 0 Å². The molecule has 386 valence electrons. The molecule has 73 heavy (non-hydrogen) atoms. The van der Waals surface area contributed by atoms with E-state index in [9.17, 15) is 0 Å². The summed E-state index contributed by atoms with van der Waals surface area (Å²) in [5.74, 6) is 0. The molecule has 0 radical (unpaired) electrons. The van der Waals surface area contributed by atoms with Crippen molar-refractivity contribution in [3.05, 3.63) is 144 Å². The van der Waals surface area contributed by atoms with Crippen LogP contribution in [-0.4, -0.2) is 87.3 Å². The first-order chi connectivity index (χ1) is 34.0. The van der Waals surface area contributed by atoms with E-state index >= 15 is 0 Å². The summed E-state index contributed by atoms with van der Waals surface area (Å²) in [6.07, 6.45) is -0.278. The summed E-state index contributed by atoms with van der Waals surface area (Å²) < 4.78 is 6.00. The van der Waals surface area contributed by atoms with Crippen molar-refractivity contribution < 1.29 is 29.6 Å². The van der Waals surface area contributed by atoms with Gasteiger partial charge in [-0.1, -0.05) is 83.1 Å². The fourth-order valence-corrected chi connectivity index (χ4v) is 11.7. The van der Waals surface area contributed by atoms with Crippen LogP contribution in [0.5, 0.6) is 0 Å². The Morgan fingerprint density at radius 1 is 0.466 bits per heavy atom. The van der Waals surface area contributed by atoms with Crippen molar-refractivity contribution in [3.63, 3.8) is 0 Å². The number of aliphatic hydroxyl groups excluding tert-OH is 2. The first-order valence-corrected chi connectivity index (χ1v) is 27.2. The molecular formula is C62H79B2N6O2Pt-. The molecule has 8 nitrogen and oxygen atoms in total. The average molecular weight is 1160 g/mol. The van der Waals surface area contributed by atoms with E-state index in [0.717, 1.165) is 26.9 Å². The van der Waals surface area contributed by atoms with Crippen molar-refractivity contribution in [2.45, 2.75) is 137 Å². The Kier molecular flexibility index (Phi) is 14.9. The van der Waals surface area contributed by atoms with E-state index in [1.54, 1.807) is 13.8 Å². The molecule has 2 N–H and O–H groups in total. The zero-order valence-electron chi connectivity index (χ0n) is 46.9. The van der Waals surface area contributed by atoms with Crippen LogP contribution in [0.4, 0.5) is 11.4 Å². The van der Waals surface area contributed by atoms with E-state index in [1.807, 2.05) is 0 Å². The number of aromatic nitrogens is 2. The van der Waals surface area contributed by atoms with Gasteiger partial charge in [-0.05, 0) is 20.3 Å². The van der Waals surface area contributed by atoms with Crippen LogP contribution in [-0.2, 0) is 41.0 Å². The molecule has 11 heteroatoms. The number of aliphatic hydroxyl groups is 2. The Morgan fingerprint density at radius 2 is 0.781 bits per heavy atom. The molecule has 8 aromatic rings. The number of anilines is 2. The van der Waals surface area contributed by atoms with Gasteiger partial charge in [-0.25, -0.2) is 0 Å². The van der Waals surface area contributed by atoms with Crippen molar-refractivity contribution in [1.29, 1.82) is 0 Å². The van der Waals surface area contributed by atoms with E-state index in [2.05, 4.69) is 280 Å². The van der Waals surface area contributed by atoms with Gasteiger partial charge in [0.25, 0.3) is 0 Å². The van der Waals surface area contributed by atoms with Crippen molar-refractivity contribution in [2.24, 2.45) is 0 Å². The van der Waals surface area contributed by atoms with Crippen LogP contribution in [0.3, 0.4) is 0 Å². The van der Waals surface area contributed by atoms with Crippen LogP contribution in [0.25, 0.3) is 55.0 Å². The van der Waals surface area contributed by atoms with Crippen molar-refractivity contribution in [3.8, 4) is 11.4 Å². The number of hydrogen-bond acceptors (Lipinski definition) is 6. The normalized spacial score (nSPS) is 15.0. The molecule has 3 heterocycles. The van der Waals surface area contributed by atoms with Gasteiger partial charge in [-0.15, -0.1) is 0 Å². The van der Waals surface area contributed by atoms with Crippen LogP contribution in [0.15, 0.2) is 115 Å². The van der Waals surface area contributed by atoms with Crippen LogP contribution in [0.1, 0.15) is 126 Å². The Morgan fingerprint density at radius 3 is 1.07 bits per heavy atom. The maximum atomic E-state index is 8.56. The Bertz CT molecular complexity index is 2940. The van der Waals surface area contributed by atoms with E-state index in [0.29, 0.717) is 6.42 Å². The second-order valence-electron chi connectivity index (χ2n) is 25.2. The third-order valence-electron chi connectivity index (χ3n) is 14.6. The fourth-order valence-electron chi connectivity index (χ4n) is 10.5. The molecule has 2 unspecified atom stereocenters. The second kappa shape index (κ2) is 20.0. The zero-order valence-corrected chi connectivity index (χ0v) is 49.2. The van der Waals surface area contributed by atoms with Crippen LogP contribution in [0, 0.1) is 6.07 Å². The van der Waals surface area contributed by atoms with E-state index in [-0.39, 0.29) is 47.6 Å². The Hall–Kier alpha value is -4.95. The van der Waals surface area contributed by atoms with Crippen LogP contribution in [0.2, 0.25) is 0 Å². The monoisotopic (exact) mass is 1160 g/mol. The summed E-state index contributed by atoms with van der Waals surface area (Å²) in [6, 6.07) is 47.9. The molecule has 1 aliphatic heterocycles. The van der Waals surface area contributed by atoms with Crippen molar-refractivity contribution >= 4 is 72.9 Å². The minimum atomic E-state index is -0.375. The van der Waals surface area contributed by atoms with E-state index in [1.165, 1.54) is 65.9 Å². The van der Waals surface area contributed by atoms with E-state index in [4.69, 9.17) is 10.2 Å². The second-order valence-corrected chi connectivity index (χ2v) is 26.2. The molecule has 0 spiro atoms. The summed E-state index contributed by atoms with van der Waals surface area (Å²) >= 11 is 2.54. The van der Waals surface area contributed by atoms with Crippen molar-refractivity contribution in [1.82, 2.24) is 18.8 Å². The quantitative estimate of drug-likeness (QED) is 0.117. The van der Waals surface area contributed by atoms with Gasteiger partial charge in [0.15, 0.2) is 0 Å². The summed E-state index contributed by atoms with van der Waals surface area (Å²) in [7, 11) is 8.76. The number of fused-ring (bicyclic) bond motifs is 6. The summed E-state index contributed by atoms with van der Waals surface area (Å²) in [4.78, 5) is 9.62. The first kappa shape index (κ1) is 54.3. The van der Waals surface area contributed by atoms with Gasteiger partial charge in [-0.3, -0.25) is 0 Å². The summed E-state index contributed by atoms with van der Waals surface area (Å²) in [5.41, 5.74) is 14.9. The van der Waals surface area contributed by atoms with Crippen LogP contribution >= 0.6 is 0 Å². The van der Waals surface area contributed by atoms with E-state index < -0.39 is 0 Å². The molecule has 0 bridgehead atoms. The van der Waals surface area contributed by atoms with Gasteiger partial charge < -0.3 is 10.2 Å². The maximum absolute atomic E-state index is 8.56. The van der Waals surface area contributed by atoms with Gasteiger partial charge in [-0.2, -0.15) is 0 Å². The Labute approximate surface area is 448 Å². The number of rotatable bonds is 8. The minimum absolute atomic E-state index is 0.0144. The molecule has 1 fully saturated rings. The molecule has 1 aliphatic rings. The predicted octanol–water partition coefficient (Wildman–Crippen LogP) is 13.1. The SMILES string of the molecule is CC(O)CC(C)O.CN(C)B1B(N(C)C)N(c2ccc(-n3c4ccc(C(C)(C)C)cc4c4cc(C(C)(C)C)ccc43)cc2)[C](=[Pt])N1c1[c-]cc(-n2c3ccc(C(C)(C)C)cc3c3cc(C(C)(C)C)ccc32)cc1. The number of nitrogens with zero attached hydrogens (tertiary/aromatic N) is 6.